The number of hydrogen-bond donors (Lipinski definition) is 1. The zero-order valence-corrected chi connectivity index (χ0v) is 15.1. The Labute approximate surface area is 156 Å². The number of amides is 1. The summed E-state index contributed by atoms with van der Waals surface area (Å²) in [7, 11) is 0. The van der Waals surface area contributed by atoms with Crippen LogP contribution in [0, 0.1) is 0 Å². The van der Waals surface area contributed by atoms with Crippen LogP contribution in [0.3, 0.4) is 0 Å². The lowest BCUT2D eigenvalue weighted by atomic mass is 9.95. The third-order valence-electron chi connectivity index (χ3n) is 4.41. The van der Waals surface area contributed by atoms with Gasteiger partial charge in [0.1, 0.15) is 6.04 Å². The number of hydrogen-bond acceptors (Lipinski definition) is 4. The fourth-order valence-corrected chi connectivity index (χ4v) is 3.91. The van der Waals surface area contributed by atoms with E-state index in [4.69, 9.17) is 0 Å². The Balaban J connectivity index is 1.84. The standard InChI is InChI=1S/C20H19NO4S/c1-13(26-20(25)15-8-3-2-4-9-15)18(22)21-16-10-6-5-7-14(16)11-12-17(21)19(23)24/h2-10,13,17H,11-12H2,1H3,(H,23,24). The SMILES string of the molecule is CC(SC(=O)c1ccccc1)C(=O)N1c2ccccc2CCC1C(=O)O. The lowest BCUT2D eigenvalue weighted by Crippen LogP contribution is -2.50. The Hall–Kier alpha value is -2.60. The predicted octanol–water partition coefficient (Wildman–Crippen LogP) is 3.38. The minimum Gasteiger partial charge on any atom is -0.480 e. The van der Waals surface area contributed by atoms with Crippen LogP contribution in [0.15, 0.2) is 54.6 Å². The molecule has 0 spiro atoms. The number of rotatable bonds is 4. The van der Waals surface area contributed by atoms with E-state index in [2.05, 4.69) is 0 Å². The lowest BCUT2D eigenvalue weighted by molar-refractivity contribution is -0.140. The molecular weight excluding hydrogens is 350 g/mol. The van der Waals surface area contributed by atoms with Gasteiger partial charge in [-0.1, -0.05) is 60.3 Å². The summed E-state index contributed by atoms with van der Waals surface area (Å²) in [6.07, 6.45) is 0.976. The minimum absolute atomic E-state index is 0.205. The Morgan fingerprint density at radius 1 is 1.08 bits per heavy atom. The van der Waals surface area contributed by atoms with Gasteiger partial charge in [0.05, 0.1) is 5.25 Å². The largest absolute Gasteiger partial charge is 0.480 e. The van der Waals surface area contributed by atoms with E-state index in [1.807, 2.05) is 18.2 Å². The molecule has 5 nitrogen and oxygen atoms in total. The fraction of sp³-hybridized carbons (Fsp3) is 0.250. The van der Waals surface area contributed by atoms with E-state index in [0.717, 1.165) is 17.3 Å². The number of aliphatic carboxylic acids is 1. The molecule has 1 N–H and O–H groups in total. The van der Waals surface area contributed by atoms with Gasteiger partial charge in [-0.05, 0) is 31.4 Å². The van der Waals surface area contributed by atoms with Crippen LogP contribution >= 0.6 is 11.8 Å². The van der Waals surface area contributed by atoms with Gasteiger partial charge in [-0.2, -0.15) is 0 Å². The van der Waals surface area contributed by atoms with E-state index in [0.29, 0.717) is 24.1 Å². The number of para-hydroxylation sites is 1. The maximum absolute atomic E-state index is 13.0. The molecule has 0 aromatic heterocycles. The van der Waals surface area contributed by atoms with Crippen LogP contribution in [0.5, 0.6) is 0 Å². The first-order chi connectivity index (χ1) is 12.5. The first-order valence-electron chi connectivity index (χ1n) is 8.39. The van der Waals surface area contributed by atoms with Crippen molar-refractivity contribution in [2.45, 2.75) is 31.1 Å². The number of carboxylic acids is 1. The highest BCUT2D eigenvalue weighted by Crippen LogP contribution is 2.33. The van der Waals surface area contributed by atoms with E-state index in [1.54, 1.807) is 43.3 Å². The number of carboxylic acid groups (broad SMARTS) is 1. The molecule has 0 aliphatic carbocycles. The molecule has 134 valence electrons. The molecule has 1 aliphatic heterocycles. The molecule has 1 amide bonds. The zero-order chi connectivity index (χ0) is 18.7. The molecule has 1 heterocycles. The molecule has 2 atom stereocenters. The maximum Gasteiger partial charge on any atom is 0.326 e. The van der Waals surface area contributed by atoms with Crippen LogP contribution in [0.2, 0.25) is 0 Å². The number of aryl methyl sites for hydroxylation is 1. The van der Waals surface area contributed by atoms with Crippen molar-refractivity contribution in [2.24, 2.45) is 0 Å². The predicted molar refractivity (Wildman–Crippen MR) is 101 cm³/mol. The number of carbonyl (C=O) groups excluding carboxylic acids is 2. The summed E-state index contributed by atoms with van der Waals surface area (Å²) in [4.78, 5) is 38.4. The highest BCUT2D eigenvalue weighted by molar-refractivity contribution is 8.15. The fourth-order valence-electron chi connectivity index (χ4n) is 3.10. The van der Waals surface area contributed by atoms with Crippen molar-refractivity contribution in [3.63, 3.8) is 0 Å². The number of thioether (sulfide) groups is 1. The average Bonchev–Trinajstić information content (AvgIpc) is 2.66. The summed E-state index contributed by atoms with van der Waals surface area (Å²) < 4.78 is 0. The quantitative estimate of drug-likeness (QED) is 0.894. The molecule has 26 heavy (non-hydrogen) atoms. The molecule has 3 rings (SSSR count). The van der Waals surface area contributed by atoms with Gasteiger partial charge in [0.25, 0.3) is 0 Å². The van der Waals surface area contributed by atoms with Crippen molar-refractivity contribution in [1.82, 2.24) is 0 Å². The van der Waals surface area contributed by atoms with Gasteiger partial charge < -0.3 is 5.11 Å². The smallest absolute Gasteiger partial charge is 0.326 e. The van der Waals surface area contributed by atoms with Crippen molar-refractivity contribution in [2.75, 3.05) is 4.90 Å². The van der Waals surface area contributed by atoms with E-state index in [9.17, 15) is 19.5 Å². The third kappa shape index (κ3) is 3.65. The normalized spacial score (nSPS) is 17.3. The Morgan fingerprint density at radius 3 is 2.42 bits per heavy atom. The molecule has 2 aromatic carbocycles. The van der Waals surface area contributed by atoms with Gasteiger partial charge in [0.15, 0.2) is 0 Å². The molecule has 0 saturated heterocycles. The Morgan fingerprint density at radius 2 is 1.73 bits per heavy atom. The van der Waals surface area contributed by atoms with Gasteiger partial charge in [0.2, 0.25) is 11.0 Å². The second-order valence-corrected chi connectivity index (χ2v) is 7.46. The molecule has 1 aliphatic rings. The molecular formula is C20H19NO4S. The highest BCUT2D eigenvalue weighted by Gasteiger charge is 2.37. The van der Waals surface area contributed by atoms with Crippen LogP contribution in [-0.2, 0) is 16.0 Å². The van der Waals surface area contributed by atoms with Crippen molar-refractivity contribution in [1.29, 1.82) is 0 Å². The van der Waals surface area contributed by atoms with Gasteiger partial charge in [-0.25, -0.2) is 4.79 Å². The number of fused-ring (bicyclic) bond motifs is 1. The minimum atomic E-state index is -1.03. The summed E-state index contributed by atoms with van der Waals surface area (Å²) in [6.45, 7) is 1.64. The number of carbonyl (C=O) groups is 3. The van der Waals surface area contributed by atoms with Gasteiger partial charge in [-0.3, -0.25) is 14.5 Å². The van der Waals surface area contributed by atoms with E-state index in [-0.39, 0.29) is 11.0 Å². The van der Waals surface area contributed by atoms with Gasteiger partial charge in [-0.15, -0.1) is 0 Å². The van der Waals surface area contributed by atoms with Crippen molar-refractivity contribution in [3.8, 4) is 0 Å². The van der Waals surface area contributed by atoms with Crippen LogP contribution in [0.25, 0.3) is 0 Å². The van der Waals surface area contributed by atoms with Crippen LogP contribution in [-0.4, -0.2) is 33.4 Å². The molecule has 0 radical (unpaired) electrons. The Bertz CT molecular complexity index is 837. The van der Waals surface area contributed by atoms with Crippen molar-refractivity contribution < 1.29 is 19.5 Å². The summed E-state index contributed by atoms with van der Waals surface area (Å²) in [5, 5.41) is 8.67. The topological polar surface area (TPSA) is 74.7 Å². The first kappa shape index (κ1) is 18.2. The number of nitrogens with zero attached hydrogens (tertiary/aromatic N) is 1. The Kier molecular flexibility index (Phi) is 5.42. The average molecular weight is 369 g/mol. The summed E-state index contributed by atoms with van der Waals surface area (Å²) >= 11 is 0.920. The third-order valence-corrected chi connectivity index (χ3v) is 5.42. The lowest BCUT2D eigenvalue weighted by Gasteiger charge is -2.36. The number of anilines is 1. The first-order valence-corrected chi connectivity index (χ1v) is 9.27. The van der Waals surface area contributed by atoms with Crippen LogP contribution in [0.1, 0.15) is 29.3 Å². The molecule has 0 fully saturated rings. The summed E-state index contributed by atoms with van der Waals surface area (Å²) in [5.74, 6) is -1.39. The molecule has 2 unspecified atom stereocenters. The molecule has 0 saturated carbocycles. The monoisotopic (exact) mass is 369 g/mol. The van der Waals surface area contributed by atoms with Gasteiger partial charge in [0, 0.05) is 11.3 Å². The van der Waals surface area contributed by atoms with Crippen LogP contribution in [0.4, 0.5) is 5.69 Å². The summed E-state index contributed by atoms with van der Waals surface area (Å²) in [5.41, 5.74) is 2.09. The molecule has 0 bridgehead atoms. The summed E-state index contributed by atoms with van der Waals surface area (Å²) in [6, 6.07) is 15.2. The second-order valence-electron chi connectivity index (χ2n) is 6.14. The number of benzene rings is 2. The van der Waals surface area contributed by atoms with Gasteiger partial charge >= 0.3 is 5.97 Å². The van der Waals surface area contributed by atoms with Crippen molar-refractivity contribution >= 4 is 34.4 Å². The van der Waals surface area contributed by atoms with E-state index < -0.39 is 17.3 Å². The maximum atomic E-state index is 13.0. The second kappa shape index (κ2) is 7.74. The van der Waals surface area contributed by atoms with E-state index >= 15 is 0 Å². The zero-order valence-electron chi connectivity index (χ0n) is 14.3. The molecule has 2 aromatic rings. The van der Waals surface area contributed by atoms with E-state index in [1.165, 1.54) is 4.90 Å². The van der Waals surface area contributed by atoms with Crippen molar-refractivity contribution in [3.05, 3.63) is 65.7 Å². The molecule has 6 heteroatoms. The highest BCUT2D eigenvalue weighted by atomic mass is 32.2. The van der Waals surface area contributed by atoms with Crippen LogP contribution < -0.4 is 4.90 Å².